The Morgan fingerprint density at radius 3 is 1.59 bits per heavy atom. The highest BCUT2D eigenvalue weighted by Gasteiger charge is 2.25. The van der Waals surface area contributed by atoms with Crippen LogP contribution in [0.15, 0.2) is 97.2 Å². The number of unbranched alkanes of at least 4 members (excludes halogenated alkanes) is 12. The number of carboxylic acid groups (broad SMARTS) is 1. The van der Waals surface area contributed by atoms with Crippen LogP contribution in [-0.2, 0) is 28.6 Å². The van der Waals surface area contributed by atoms with E-state index in [0.29, 0.717) is 19.3 Å². The summed E-state index contributed by atoms with van der Waals surface area (Å²) in [6.07, 6.45) is 53.1. The van der Waals surface area contributed by atoms with E-state index >= 15 is 0 Å². The number of carbonyl (C=O) groups is 3. The van der Waals surface area contributed by atoms with Gasteiger partial charge in [-0.15, -0.1) is 0 Å². The second-order valence-corrected chi connectivity index (χ2v) is 15.6. The molecule has 8 nitrogen and oxygen atoms in total. The first kappa shape index (κ1) is 54.2. The van der Waals surface area contributed by atoms with E-state index in [1.54, 1.807) is 21.1 Å². The summed E-state index contributed by atoms with van der Waals surface area (Å²) in [5, 5.41) is 11.6. The van der Waals surface area contributed by atoms with Crippen molar-refractivity contribution in [3.63, 3.8) is 0 Å². The Kier molecular flexibility index (Phi) is 37.5. The molecule has 0 fully saturated rings. The summed E-state index contributed by atoms with van der Waals surface area (Å²) in [4.78, 5) is 36.8. The summed E-state index contributed by atoms with van der Waals surface area (Å²) in [5.74, 6) is -1.85. The molecule has 0 bridgehead atoms. The summed E-state index contributed by atoms with van der Waals surface area (Å²) < 4.78 is 17.1. The van der Waals surface area contributed by atoms with E-state index in [2.05, 4.69) is 56.4 Å². The van der Waals surface area contributed by atoms with Crippen molar-refractivity contribution in [1.29, 1.82) is 0 Å². The fourth-order valence-corrected chi connectivity index (χ4v) is 5.94. The molecule has 0 aliphatic carbocycles. The van der Waals surface area contributed by atoms with Gasteiger partial charge >= 0.3 is 11.9 Å². The van der Waals surface area contributed by atoms with Gasteiger partial charge in [0, 0.05) is 19.3 Å². The molecule has 8 heteroatoms. The molecule has 0 saturated heterocycles. The van der Waals surface area contributed by atoms with E-state index in [4.69, 9.17) is 14.2 Å². The lowest BCUT2D eigenvalue weighted by Crippen LogP contribution is -2.55. The molecule has 0 rings (SSSR count). The lowest BCUT2D eigenvalue weighted by Gasteiger charge is -2.34. The molecule has 0 aromatic rings. The van der Waals surface area contributed by atoms with E-state index in [-0.39, 0.29) is 43.1 Å². The Morgan fingerprint density at radius 2 is 1.02 bits per heavy atom. The van der Waals surface area contributed by atoms with Gasteiger partial charge in [-0.25, -0.2) is 0 Å². The van der Waals surface area contributed by atoms with Crippen LogP contribution < -0.4 is 5.11 Å². The van der Waals surface area contributed by atoms with Crippen molar-refractivity contribution in [1.82, 2.24) is 0 Å². The number of carbonyl (C=O) groups excluding carboxylic acids is 3. The molecule has 0 aliphatic heterocycles. The number of ether oxygens (including phenoxy) is 3. The molecular weight excluding hydrogens is 727 g/mol. The van der Waals surface area contributed by atoms with Gasteiger partial charge in [-0.05, 0) is 57.8 Å². The molecule has 0 radical (unpaired) electrons. The largest absolute Gasteiger partial charge is 0.544 e. The number of hydrogen-bond donors (Lipinski definition) is 0. The van der Waals surface area contributed by atoms with E-state index in [9.17, 15) is 19.5 Å². The molecule has 0 aromatic carbocycles. The Labute approximate surface area is 354 Å². The Bertz CT molecular complexity index is 1260. The second-order valence-electron chi connectivity index (χ2n) is 15.6. The number of nitrogens with zero attached hydrogens (tertiary/aromatic N) is 1. The van der Waals surface area contributed by atoms with Gasteiger partial charge in [0.05, 0.1) is 40.3 Å². The number of likely N-dealkylation sites (N-methyl/N-ethyl adjacent to an activating group) is 1. The first-order valence-electron chi connectivity index (χ1n) is 22.3. The molecule has 0 aliphatic rings. The SMILES string of the molecule is CC/C=C/C=C/C=C/C=C/C=C/CCCC(=O)OC(COCCC(C(=O)[O-])[N+](C)(C)C)COC(=O)CCCCCCCCCCCCC/C=C/C/C=C/C/C=C/CC. The molecule has 0 amide bonds. The number of aliphatic carboxylic acids is 1. The molecule has 2 unspecified atom stereocenters. The van der Waals surface area contributed by atoms with Gasteiger partial charge in [0.25, 0.3) is 0 Å². The van der Waals surface area contributed by atoms with Crippen molar-refractivity contribution < 1.29 is 38.2 Å². The Morgan fingerprint density at radius 1 is 0.534 bits per heavy atom. The summed E-state index contributed by atoms with van der Waals surface area (Å²) in [7, 11) is 5.37. The zero-order chi connectivity index (χ0) is 42.8. The van der Waals surface area contributed by atoms with Crippen LogP contribution in [0.4, 0.5) is 0 Å². The first-order valence-corrected chi connectivity index (χ1v) is 22.3. The third-order valence-electron chi connectivity index (χ3n) is 9.34. The number of esters is 2. The molecule has 328 valence electrons. The van der Waals surface area contributed by atoms with Crippen LogP contribution in [0.25, 0.3) is 0 Å². The van der Waals surface area contributed by atoms with Crippen molar-refractivity contribution in [3.8, 4) is 0 Å². The zero-order valence-corrected chi connectivity index (χ0v) is 37.2. The average Bonchev–Trinajstić information content (AvgIpc) is 3.18. The van der Waals surface area contributed by atoms with Gasteiger partial charge < -0.3 is 28.6 Å². The van der Waals surface area contributed by atoms with E-state index in [1.165, 1.54) is 57.8 Å². The standard InChI is InChI=1S/C50H81NO7/c1-6-8-10-12-14-16-18-20-21-22-23-24-25-26-27-29-30-32-34-36-38-40-48(52)57-45-46(44-56-43-42-47(50(54)55)51(3,4)5)58-49(53)41-39-37-35-33-31-28-19-17-15-13-11-9-7-2/h8-11,13-17,19-21,28,31,33,35,46-47H,6-7,12,18,22-27,29-30,32,34,36-45H2,1-5H3/b10-8+,11-9+,15-13+,16-14+,19-17+,21-20+,31-28+,35-33+. The summed E-state index contributed by atoms with van der Waals surface area (Å²) in [5.41, 5.74) is 0. The minimum Gasteiger partial charge on any atom is -0.544 e. The Balaban J connectivity index is 4.36. The third-order valence-corrected chi connectivity index (χ3v) is 9.34. The Hall–Kier alpha value is -3.75. The predicted molar refractivity (Wildman–Crippen MR) is 240 cm³/mol. The lowest BCUT2D eigenvalue weighted by molar-refractivity contribution is -0.889. The number of carboxylic acids is 1. The van der Waals surface area contributed by atoms with Crippen LogP contribution in [0.3, 0.4) is 0 Å². The zero-order valence-electron chi connectivity index (χ0n) is 37.2. The van der Waals surface area contributed by atoms with Crippen molar-refractivity contribution in [3.05, 3.63) is 97.2 Å². The van der Waals surface area contributed by atoms with Gasteiger partial charge in [0.15, 0.2) is 6.10 Å². The van der Waals surface area contributed by atoms with Crippen LogP contribution in [0, 0.1) is 0 Å². The monoisotopic (exact) mass is 808 g/mol. The molecule has 0 saturated carbocycles. The highest BCUT2D eigenvalue weighted by atomic mass is 16.6. The first-order chi connectivity index (χ1) is 28.1. The van der Waals surface area contributed by atoms with Crippen LogP contribution >= 0.6 is 0 Å². The molecule has 0 heterocycles. The number of hydrogen-bond acceptors (Lipinski definition) is 7. The molecule has 0 N–H and O–H groups in total. The van der Waals surface area contributed by atoms with Crippen molar-refractivity contribution in [2.75, 3.05) is 41.0 Å². The van der Waals surface area contributed by atoms with E-state index in [1.807, 2.05) is 54.7 Å². The van der Waals surface area contributed by atoms with Crippen LogP contribution in [0.5, 0.6) is 0 Å². The number of quaternary nitrogens is 1. The maximum atomic E-state index is 12.7. The van der Waals surface area contributed by atoms with E-state index < -0.39 is 24.1 Å². The third kappa shape index (κ3) is 37.8. The minimum atomic E-state index is -1.14. The van der Waals surface area contributed by atoms with Gasteiger partial charge in [0.2, 0.25) is 0 Å². The van der Waals surface area contributed by atoms with Gasteiger partial charge in [0.1, 0.15) is 12.6 Å². The van der Waals surface area contributed by atoms with Crippen LogP contribution in [0.2, 0.25) is 0 Å². The number of rotatable bonds is 38. The average molecular weight is 808 g/mol. The van der Waals surface area contributed by atoms with E-state index in [0.717, 1.165) is 44.9 Å². The predicted octanol–water partition coefficient (Wildman–Crippen LogP) is 11.0. The summed E-state index contributed by atoms with van der Waals surface area (Å²) in [6, 6.07) is -0.744. The molecule has 0 spiro atoms. The molecule has 58 heavy (non-hydrogen) atoms. The highest BCUT2D eigenvalue weighted by molar-refractivity contribution is 5.70. The summed E-state index contributed by atoms with van der Waals surface area (Å²) in [6.45, 7) is 4.31. The number of allylic oxidation sites excluding steroid dienone is 16. The van der Waals surface area contributed by atoms with Crippen molar-refractivity contribution in [2.45, 2.75) is 161 Å². The quantitative estimate of drug-likeness (QED) is 0.0201. The lowest BCUT2D eigenvalue weighted by atomic mass is 10.0. The molecular formula is C50H81NO7. The van der Waals surface area contributed by atoms with Gasteiger partial charge in [-0.1, -0.05) is 169 Å². The second kappa shape index (κ2) is 40.0. The summed E-state index contributed by atoms with van der Waals surface area (Å²) >= 11 is 0. The maximum absolute atomic E-state index is 12.7. The molecule has 2 atom stereocenters. The van der Waals surface area contributed by atoms with Gasteiger partial charge in [-0.3, -0.25) is 9.59 Å². The highest BCUT2D eigenvalue weighted by Crippen LogP contribution is 2.14. The van der Waals surface area contributed by atoms with Crippen LogP contribution in [0.1, 0.15) is 149 Å². The topological polar surface area (TPSA) is 102 Å². The fraction of sp³-hybridized carbons (Fsp3) is 0.620. The van der Waals surface area contributed by atoms with Crippen molar-refractivity contribution >= 4 is 17.9 Å². The fourth-order valence-electron chi connectivity index (χ4n) is 5.94. The van der Waals surface area contributed by atoms with Crippen LogP contribution in [-0.4, -0.2) is 75.5 Å². The minimum absolute atomic E-state index is 0.00534. The smallest absolute Gasteiger partial charge is 0.306 e. The molecule has 0 aromatic heterocycles. The van der Waals surface area contributed by atoms with Gasteiger partial charge in [-0.2, -0.15) is 0 Å². The normalized spacial score (nSPS) is 13.9. The maximum Gasteiger partial charge on any atom is 0.306 e. The van der Waals surface area contributed by atoms with Crippen molar-refractivity contribution in [2.24, 2.45) is 0 Å².